The van der Waals surface area contributed by atoms with Gasteiger partial charge in [0.2, 0.25) is 0 Å². The average molecular weight is 254 g/mol. The lowest BCUT2D eigenvalue weighted by Crippen LogP contribution is -2.07. The van der Waals surface area contributed by atoms with Gasteiger partial charge in [0.05, 0.1) is 12.8 Å². The Bertz CT molecular complexity index is 678. The summed E-state index contributed by atoms with van der Waals surface area (Å²) < 4.78 is 0. The molecule has 3 rings (SSSR count). The molecule has 2 heterocycles. The van der Waals surface area contributed by atoms with Crippen LogP contribution in [0.1, 0.15) is 0 Å². The number of benzene rings is 1. The zero-order valence-electron chi connectivity index (χ0n) is 10.3. The molecule has 0 aliphatic rings. The molecule has 19 heavy (non-hydrogen) atoms. The van der Waals surface area contributed by atoms with Crippen molar-refractivity contribution in [2.75, 3.05) is 18.5 Å². The first kappa shape index (κ1) is 11.7. The SMILES string of the molecule is OCCNc1cnc2[nH]cc(-c3ccccc3)c2n1. The fourth-order valence-corrected chi connectivity index (χ4v) is 2.00. The molecule has 0 saturated carbocycles. The Balaban J connectivity index is 2.05. The summed E-state index contributed by atoms with van der Waals surface area (Å²) in [6.45, 7) is 0.531. The van der Waals surface area contributed by atoms with Crippen LogP contribution in [0, 0.1) is 0 Å². The van der Waals surface area contributed by atoms with E-state index in [-0.39, 0.29) is 6.61 Å². The number of aliphatic hydroxyl groups excluding tert-OH is 1. The summed E-state index contributed by atoms with van der Waals surface area (Å²) in [5.41, 5.74) is 3.71. The van der Waals surface area contributed by atoms with Gasteiger partial charge in [0.25, 0.3) is 0 Å². The van der Waals surface area contributed by atoms with Crippen LogP contribution in [0.5, 0.6) is 0 Å². The molecular weight excluding hydrogens is 240 g/mol. The summed E-state index contributed by atoms with van der Waals surface area (Å²) in [6.07, 6.45) is 3.57. The molecule has 0 radical (unpaired) electrons. The van der Waals surface area contributed by atoms with E-state index in [2.05, 4.69) is 20.3 Å². The highest BCUT2D eigenvalue weighted by Gasteiger charge is 2.09. The standard InChI is InChI=1S/C14H14N4O/c19-7-6-15-12-9-17-14-13(18-12)11(8-16-14)10-4-2-1-3-5-10/h1-5,8-9,19H,6-7H2,(H,15,18)(H,16,17). The van der Waals surface area contributed by atoms with E-state index in [0.717, 1.165) is 22.3 Å². The molecular formula is C14H14N4O. The average Bonchev–Trinajstić information content (AvgIpc) is 2.89. The van der Waals surface area contributed by atoms with Gasteiger partial charge in [0.15, 0.2) is 5.65 Å². The van der Waals surface area contributed by atoms with Crippen molar-refractivity contribution in [1.29, 1.82) is 0 Å². The van der Waals surface area contributed by atoms with E-state index < -0.39 is 0 Å². The van der Waals surface area contributed by atoms with Gasteiger partial charge in [-0.3, -0.25) is 0 Å². The molecule has 3 aromatic rings. The van der Waals surface area contributed by atoms with Crippen molar-refractivity contribution >= 4 is 17.0 Å². The van der Waals surface area contributed by atoms with Crippen molar-refractivity contribution in [2.45, 2.75) is 0 Å². The van der Waals surface area contributed by atoms with Gasteiger partial charge in [-0.05, 0) is 5.56 Å². The zero-order chi connectivity index (χ0) is 13.1. The predicted octanol–water partition coefficient (Wildman–Crippen LogP) is 2.03. The molecule has 0 atom stereocenters. The molecule has 0 amide bonds. The summed E-state index contributed by atoms with van der Waals surface area (Å²) in [4.78, 5) is 12.0. The van der Waals surface area contributed by atoms with Gasteiger partial charge in [0, 0.05) is 18.3 Å². The van der Waals surface area contributed by atoms with E-state index >= 15 is 0 Å². The van der Waals surface area contributed by atoms with Gasteiger partial charge in [-0.2, -0.15) is 0 Å². The Morgan fingerprint density at radius 3 is 2.84 bits per heavy atom. The molecule has 0 fully saturated rings. The first-order valence-electron chi connectivity index (χ1n) is 6.13. The minimum atomic E-state index is 0.0679. The topological polar surface area (TPSA) is 73.8 Å². The zero-order valence-corrected chi connectivity index (χ0v) is 10.3. The Hall–Kier alpha value is -2.40. The molecule has 5 nitrogen and oxygen atoms in total. The number of aromatic amines is 1. The molecule has 0 bridgehead atoms. The van der Waals surface area contributed by atoms with Gasteiger partial charge in [-0.1, -0.05) is 30.3 Å². The van der Waals surface area contributed by atoms with Gasteiger partial charge in [-0.15, -0.1) is 0 Å². The third-order valence-electron chi connectivity index (χ3n) is 2.88. The van der Waals surface area contributed by atoms with Crippen LogP contribution in [-0.4, -0.2) is 33.2 Å². The summed E-state index contributed by atoms with van der Waals surface area (Å²) in [5.74, 6) is 0.665. The van der Waals surface area contributed by atoms with Gasteiger partial charge in [0.1, 0.15) is 11.3 Å². The second-order valence-corrected chi connectivity index (χ2v) is 4.17. The lowest BCUT2D eigenvalue weighted by Gasteiger charge is -2.03. The monoisotopic (exact) mass is 254 g/mol. The second kappa shape index (κ2) is 5.07. The third kappa shape index (κ3) is 2.28. The van der Waals surface area contributed by atoms with Crippen LogP contribution in [0.15, 0.2) is 42.7 Å². The molecule has 0 aliphatic heterocycles. The Labute approximate surface area is 110 Å². The molecule has 3 N–H and O–H groups in total. The van der Waals surface area contributed by atoms with Gasteiger partial charge < -0.3 is 15.4 Å². The van der Waals surface area contributed by atoms with E-state index in [0.29, 0.717) is 12.4 Å². The predicted molar refractivity (Wildman–Crippen MR) is 74.9 cm³/mol. The Kier molecular flexibility index (Phi) is 3.12. The van der Waals surface area contributed by atoms with Crippen molar-refractivity contribution in [2.24, 2.45) is 0 Å². The first-order valence-corrected chi connectivity index (χ1v) is 6.13. The molecule has 0 spiro atoms. The number of aliphatic hydroxyl groups is 1. The Morgan fingerprint density at radius 1 is 1.21 bits per heavy atom. The fraction of sp³-hybridized carbons (Fsp3) is 0.143. The van der Waals surface area contributed by atoms with E-state index in [1.807, 2.05) is 36.5 Å². The number of hydrogen-bond donors (Lipinski definition) is 3. The van der Waals surface area contributed by atoms with Crippen molar-refractivity contribution in [1.82, 2.24) is 15.0 Å². The first-order chi connectivity index (χ1) is 9.38. The van der Waals surface area contributed by atoms with Crippen molar-refractivity contribution in [3.8, 4) is 11.1 Å². The van der Waals surface area contributed by atoms with E-state index in [1.54, 1.807) is 6.20 Å². The van der Waals surface area contributed by atoms with Crippen LogP contribution in [0.4, 0.5) is 5.82 Å². The normalized spacial score (nSPS) is 10.8. The molecule has 0 unspecified atom stereocenters. The van der Waals surface area contributed by atoms with Crippen molar-refractivity contribution in [3.05, 3.63) is 42.7 Å². The number of rotatable bonds is 4. The highest BCUT2D eigenvalue weighted by atomic mass is 16.3. The molecule has 1 aromatic carbocycles. The van der Waals surface area contributed by atoms with Crippen LogP contribution < -0.4 is 5.32 Å². The number of anilines is 1. The number of fused-ring (bicyclic) bond motifs is 1. The molecule has 0 saturated heterocycles. The number of aromatic nitrogens is 3. The molecule has 0 aliphatic carbocycles. The number of hydrogen-bond acceptors (Lipinski definition) is 4. The maximum atomic E-state index is 8.82. The van der Waals surface area contributed by atoms with Crippen LogP contribution in [0.25, 0.3) is 22.3 Å². The fourth-order valence-electron chi connectivity index (χ4n) is 2.00. The van der Waals surface area contributed by atoms with E-state index in [4.69, 9.17) is 5.11 Å². The number of nitrogens with one attached hydrogen (secondary N) is 2. The maximum absolute atomic E-state index is 8.82. The smallest absolute Gasteiger partial charge is 0.156 e. The lowest BCUT2D eigenvalue weighted by atomic mass is 10.1. The van der Waals surface area contributed by atoms with Crippen LogP contribution in [0.2, 0.25) is 0 Å². The number of H-pyrrole nitrogens is 1. The summed E-state index contributed by atoms with van der Waals surface area (Å²) in [6, 6.07) is 10.1. The van der Waals surface area contributed by atoms with Gasteiger partial charge >= 0.3 is 0 Å². The molecule has 96 valence electrons. The Morgan fingerprint density at radius 2 is 2.05 bits per heavy atom. The quantitative estimate of drug-likeness (QED) is 0.666. The second-order valence-electron chi connectivity index (χ2n) is 4.17. The minimum absolute atomic E-state index is 0.0679. The summed E-state index contributed by atoms with van der Waals surface area (Å²) in [7, 11) is 0. The summed E-state index contributed by atoms with van der Waals surface area (Å²) >= 11 is 0. The van der Waals surface area contributed by atoms with Crippen LogP contribution in [-0.2, 0) is 0 Å². The third-order valence-corrected chi connectivity index (χ3v) is 2.88. The summed E-state index contributed by atoms with van der Waals surface area (Å²) in [5, 5.41) is 11.8. The van der Waals surface area contributed by atoms with Crippen molar-refractivity contribution in [3.63, 3.8) is 0 Å². The largest absolute Gasteiger partial charge is 0.395 e. The highest BCUT2D eigenvalue weighted by Crippen LogP contribution is 2.26. The van der Waals surface area contributed by atoms with E-state index in [9.17, 15) is 0 Å². The minimum Gasteiger partial charge on any atom is -0.395 e. The van der Waals surface area contributed by atoms with Crippen LogP contribution >= 0.6 is 0 Å². The lowest BCUT2D eigenvalue weighted by molar-refractivity contribution is 0.311. The van der Waals surface area contributed by atoms with Crippen molar-refractivity contribution < 1.29 is 5.11 Å². The van der Waals surface area contributed by atoms with Crippen LogP contribution in [0.3, 0.4) is 0 Å². The molecule has 5 heteroatoms. The maximum Gasteiger partial charge on any atom is 0.156 e. The van der Waals surface area contributed by atoms with E-state index in [1.165, 1.54) is 0 Å². The van der Waals surface area contributed by atoms with Gasteiger partial charge in [-0.25, -0.2) is 9.97 Å². The molecule has 2 aromatic heterocycles. The number of nitrogens with zero attached hydrogens (tertiary/aromatic N) is 2. The highest BCUT2D eigenvalue weighted by molar-refractivity contribution is 5.90.